The summed E-state index contributed by atoms with van der Waals surface area (Å²) in [5.41, 5.74) is 2.23. The molecular formula is C20H29N5OS. The molecule has 0 radical (unpaired) electrons. The van der Waals surface area contributed by atoms with Gasteiger partial charge < -0.3 is 15.4 Å². The molecular weight excluding hydrogens is 358 g/mol. The van der Waals surface area contributed by atoms with Crippen molar-refractivity contribution in [2.24, 2.45) is 10.9 Å². The van der Waals surface area contributed by atoms with E-state index in [2.05, 4.69) is 46.4 Å². The number of guanidine groups is 1. The molecule has 2 aromatic heterocycles. The van der Waals surface area contributed by atoms with E-state index in [9.17, 15) is 0 Å². The number of nitrogens with zero attached hydrogens (tertiary/aromatic N) is 3. The molecule has 2 N–H and O–H groups in total. The quantitative estimate of drug-likeness (QED) is 0.510. The predicted octanol–water partition coefficient (Wildman–Crippen LogP) is 3.24. The maximum atomic E-state index is 5.75. The normalized spacial score (nSPS) is 14.3. The minimum absolute atomic E-state index is 0.590. The zero-order valence-electron chi connectivity index (χ0n) is 16.4. The van der Waals surface area contributed by atoms with Crippen molar-refractivity contribution in [3.05, 3.63) is 39.5 Å². The first-order valence-corrected chi connectivity index (χ1v) is 10.5. The standard InChI is InChI=1S/C20H29N5OS/c1-4-21-20(23-10-8-19-25-14(2)15(3)27-19)24-12-17-7-9-22-18(11-17)26-13-16-5-6-16/h7,9,11,16H,4-6,8,10,12-13H2,1-3H3,(H2,21,23,24). The summed E-state index contributed by atoms with van der Waals surface area (Å²) in [6, 6.07) is 3.97. The van der Waals surface area contributed by atoms with Crippen LogP contribution in [0.5, 0.6) is 5.88 Å². The van der Waals surface area contributed by atoms with Gasteiger partial charge in [0, 0.05) is 36.7 Å². The molecule has 2 aromatic rings. The van der Waals surface area contributed by atoms with E-state index in [0.29, 0.717) is 12.4 Å². The minimum atomic E-state index is 0.590. The van der Waals surface area contributed by atoms with Crippen LogP contribution in [0.4, 0.5) is 0 Å². The van der Waals surface area contributed by atoms with Crippen LogP contribution in [0.25, 0.3) is 0 Å². The van der Waals surface area contributed by atoms with Crippen LogP contribution in [0.15, 0.2) is 23.3 Å². The number of pyridine rings is 1. The third kappa shape index (κ3) is 6.50. The second-order valence-corrected chi connectivity index (χ2v) is 8.17. The lowest BCUT2D eigenvalue weighted by molar-refractivity contribution is 0.288. The van der Waals surface area contributed by atoms with Crippen molar-refractivity contribution >= 4 is 17.3 Å². The number of hydrogen-bond acceptors (Lipinski definition) is 5. The molecule has 1 fully saturated rings. The molecule has 0 aliphatic heterocycles. The van der Waals surface area contributed by atoms with Crippen molar-refractivity contribution < 1.29 is 4.74 Å². The minimum Gasteiger partial charge on any atom is -0.477 e. The van der Waals surface area contributed by atoms with Crippen molar-refractivity contribution in [3.8, 4) is 5.88 Å². The van der Waals surface area contributed by atoms with Gasteiger partial charge in [-0.15, -0.1) is 11.3 Å². The second kappa shape index (κ2) is 9.69. The summed E-state index contributed by atoms with van der Waals surface area (Å²) < 4.78 is 5.75. The molecule has 6 nitrogen and oxygen atoms in total. The summed E-state index contributed by atoms with van der Waals surface area (Å²) in [4.78, 5) is 14.8. The highest BCUT2D eigenvalue weighted by Crippen LogP contribution is 2.29. The molecule has 0 aromatic carbocycles. The number of aryl methyl sites for hydroxylation is 2. The Morgan fingerprint density at radius 1 is 1.33 bits per heavy atom. The molecule has 1 aliphatic carbocycles. The smallest absolute Gasteiger partial charge is 0.213 e. The maximum absolute atomic E-state index is 5.75. The first-order chi connectivity index (χ1) is 13.1. The Labute approximate surface area is 165 Å². The third-order valence-electron chi connectivity index (χ3n) is 4.43. The molecule has 3 rings (SSSR count). The maximum Gasteiger partial charge on any atom is 0.213 e. The van der Waals surface area contributed by atoms with Crippen LogP contribution in [0.1, 0.15) is 40.9 Å². The number of aromatic nitrogens is 2. The van der Waals surface area contributed by atoms with Gasteiger partial charge in [-0.3, -0.25) is 0 Å². The molecule has 0 atom stereocenters. The summed E-state index contributed by atoms with van der Waals surface area (Å²) >= 11 is 1.77. The molecule has 0 amide bonds. The van der Waals surface area contributed by atoms with Gasteiger partial charge in [-0.05, 0) is 51.2 Å². The van der Waals surface area contributed by atoms with Crippen molar-refractivity contribution in [1.82, 2.24) is 20.6 Å². The SMILES string of the molecule is CCNC(=NCc1ccnc(OCC2CC2)c1)NCCc1nc(C)c(C)s1. The van der Waals surface area contributed by atoms with E-state index in [4.69, 9.17) is 4.74 Å². The zero-order valence-corrected chi connectivity index (χ0v) is 17.2. The van der Waals surface area contributed by atoms with E-state index in [1.807, 2.05) is 12.1 Å². The molecule has 2 heterocycles. The predicted molar refractivity (Wildman–Crippen MR) is 111 cm³/mol. The van der Waals surface area contributed by atoms with Crippen LogP contribution in [-0.2, 0) is 13.0 Å². The van der Waals surface area contributed by atoms with Gasteiger partial charge >= 0.3 is 0 Å². The average molecular weight is 388 g/mol. The highest BCUT2D eigenvalue weighted by Gasteiger charge is 2.22. The van der Waals surface area contributed by atoms with Crippen molar-refractivity contribution in [1.29, 1.82) is 0 Å². The Morgan fingerprint density at radius 2 is 2.19 bits per heavy atom. The highest BCUT2D eigenvalue weighted by atomic mass is 32.1. The van der Waals surface area contributed by atoms with Gasteiger partial charge in [0.15, 0.2) is 5.96 Å². The number of nitrogens with one attached hydrogen (secondary N) is 2. The topological polar surface area (TPSA) is 71.4 Å². The van der Waals surface area contributed by atoms with Crippen LogP contribution in [-0.4, -0.2) is 35.6 Å². The Bertz CT molecular complexity index is 750. The summed E-state index contributed by atoms with van der Waals surface area (Å²) in [5.74, 6) is 2.24. The molecule has 0 spiro atoms. The van der Waals surface area contributed by atoms with Gasteiger partial charge in [0.25, 0.3) is 0 Å². The fourth-order valence-corrected chi connectivity index (χ4v) is 3.49. The van der Waals surface area contributed by atoms with E-state index in [-0.39, 0.29) is 0 Å². The molecule has 0 unspecified atom stereocenters. The summed E-state index contributed by atoms with van der Waals surface area (Å²) in [5, 5.41) is 7.85. The highest BCUT2D eigenvalue weighted by molar-refractivity contribution is 7.11. The Hall–Kier alpha value is -2.15. The number of thiazole rings is 1. The molecule has 0 bridgehead atoms. The largest absolute Gasteiger partial charge is 0.477 e. The van der Waals surface area contributed by atoms with E-state index in [1.54, 1.807) is 17.5 Å². The first kappa shape index (κ1) is 19.6. The van der Waals surface area contributed by atoms with Crippen molar-refractivity contribution in [2.75, 3.05) is 19.7 Å². The summed E-state index contributed by atoms with van der Waals surface area (Å²) in [7, 11) is 0. The molecule has 27 heavy (non-hydrogen) atoms. The van der Waals surface area contributed by atoms with Gasteiger partial charge in [0.2, 0.25) is 5.88 Å². The van der Waals surface area contributed by atoms with Crippen LogP contribution in [0.2, 0.25) is 0 Å². The number of rotatable bonds is 9. The fourth-order valence-electron chi connectivity index (χ4n) is 2.56. The van der Waals surface area contributed by atoms with Gasteiger partial charge in [-0.1, -0.05) is 0 Å². The molecule has 7 heteroatoms. The van der Waals surface area contributed by atoms with E-state index >= 15 is 0 Å². The van der Waals surface area contributed by atoms with Crippen LogP contribution in [0.3, 0.4) is 0 Å². The van der Waals surface area contributed by atoms with E-state index < -0.39 is 0 Å². The lowest BCUT2D eigenvalue weighted by atomic mass is 10.3. The van der Waals surface area contributed by atoms with Crippen LogP contribution < -0.4 is 15.4 Å². The van der Waals surface area contributed by atoms with Crippen LogP contribution >= 0.6 is 11.3 Å². The third-order valence-corrected chi connectivity index (χ3v) is 5.56. The Morgan fingerprint density at radius 3 is 2.89 bits per heavy atom. The van der Waals surface area contributed by atoms with Gasteiger partial charge in [0.05, 0.1) is 23.9 Å². The Balaban J connectivity index is 1.50. The number of hydrogen-bond donors (Lipinski definition) is 2. The lowest BCUT2D eigenvalue weighted by Gasteiger charge is -2.11. The second-order valence-electron chi connectivity index (χ2n) is 6.88. The van der Waals surface area contributed by atoms with Gasteiger partial charge in [0.1, 0.15) is 0 Å². The summed E-state index contributed by atoms with van der Waals surface area (Å²) in [6.07, 6.45) is 5.25. The molecule has 1 saturated carbocycles. The number of ether oxygens (including phenoxy) is 1. The van der Waals surface area contributed by atoms with E-state index in [1.165, 1.54) is 22.7 Å². The van der Waals surface area contributed by atoms with Gasteiger partial charge in [-0.2, -0.15) is 0 Å². The lowest BCUT2D eigenvalue weighted by Crippen LogP contribution is -2.38. The average Bonchev–Trinajstić information content (AvgIpc) is 3.43. The van der Waals surface area contributed by atoms with Crippen molar-refractivity contribution in [3.63, 3.8) is 0 Å². The molecule has 146 valence electrons. The van der Waals surface area contributed by atoms with Crippen molar-refractivity contribution in [2.45, 2.75) is 46.6 Å². The summed E-state index contributed by atoms with van der Waals surface area (Å²) in [6.45, 7) is 9.25. The Kier molecular flexibility index (Phi) is 7.04. The zero-order chi connectivity index (χ0) is 19.1. The first-order valence-electron chi connectivity index (χ1n) is 9.67. The number of aliphatic imine (C=N–C) groups is 1. The molecule has 1 aliphatic rings. The fraction of sp³-hybridized carbons (Fsp3) is 0.550. The van der Waals surface area contributed by atoms with E-state index in [0.717, 1.165) is 49.3 Å². The van der Waals surface area contributed by atoms with Gasteiger partial charge in [-0.25, -0.2) is 15.0 Å². The van der Waals surface area contributed by atoms with Crippen LogP contribution in [0, 0.1) is 19.8 Å². The monoisotopic (exact) mass is 387 g/mol. The molecule has 0 saturated heterocycles.